The summed E-state index contributed by atoms with van der Waals surface area (Å²) in [6.45, 7) is 7.93. The summed E-state index contributed by atoms with van der Waals surface area (Å²) in [5.74, 6) is 0.459. The number of unbranched alkanes of at least 4 members (excludes halogenated alkanes) is 9. The third-order valence-corrected chi connectivity index (χ3v) is 7.43. The van der Waals surface area contributed by atoms with Crippen molar-refractivity contribution in [3.8, 4) is 5.75 Å². The Labute approximate surface area is 239 Å². The zero-order valence-corrected chi connectivity index (χ0v) is 25.6. The number of hydrogen-bond acceptors (Lipinski definition) is 3. The molecule has 0 radical (unpaired) electrons. The monoisotopic (exact) mass is 538 g/mol. The minimum atomic E-state index is -0.552. The van der Waals surface area contributed by atoms with Gasteiger partial charge < -0.3 is 14.0 Å². The topological polar surface area (TPSA) is 35.5 Å². The molecule has 0 amide bonds. The van der Waals surface area contributed by atoms with Crippen molar-refractivity contribution in [2.45, 2.75) is 117 Å². The van der Waals surface area contributed by atoms with Gasteiger partial charge in [-0.15, -0.1) is 0 Å². The standard InChI is InChI=1S/C35H56NO3/c1-6-8-9-10-11-12-13-14-15-19-25-32-26-20-21-27-33(32)38-34(22-7-2)39-35(37)30(3)28-36(4,5)29-31-23-17-16-18-24-31/h16-18,20-21,23-24,26-27,30,34H,6-15,19,22,25,28-29H2,1-5H3/q+1. The second-order valence-corrected chi connectivity index (χ2v) is 12.0. The normalized spacial score (nSPS) is 13.2. The molecule has 39 heavy (non-hydrogen) atoms. The summed E-state index contributed by atoms with van der Waals surface area (Å²) < 4.78 is 13.0. The molecule has 2 aromatic carbocycles. The molecular weight excluding hydrogens is 482 g/mol. The van der Waals surface area contributed by atoms with Crippen LogP contribution in [0.4, 0.5) is 0 Å². The van der Waals surface area contributed by atoms with Crippen LogP contribution >= 0.6 is 0 Å². The second kappa shape index (κ2) is 18.9. The van der Waals surface area contributed by atoms with E-state index in [4.69, 9.17) is 9.47 Å². The van der Waals surface area contributed by atoms with Gasteiger partial charge in [-0.1, -0.05) is 120 Å². The van der Waals surface area contributed by atoms with Crippen molar-refractivity contribution >= 4 is 5.97 Å². The molecule has 0 saturated carbocycles. The molecule has 218 valence electrons. The van der Waals surface area contributed by atoms with Crippen LogP contribution in [0.25, 0.3) is 0 Å². The zero-order chi connectivity index (χ0) is 28.3. The van der Waals surface area contributed by atoms with Gasteiger partial charge in [-0.2, -0.15) is 0 Å². The molecule has 0 spiro atoms. The van der Waals surface area contributed by atoms with E-state index in [2.05, 4.69) is 64.3 Å². The van der Waals surface area contributed by atoms with Crippen LogP contribution in [0.1, 0.15) is 109 Å². The molecule has 2 atom stereocenters. The van der Waals surface area contributed by atoms with Crippen molar-refractivity contribution in [1.82, 2.24) is 0 Å². The Morgan fingerprint density at radius 3 is 2.00 bits per heavy atom. The first-order chi connectivity index (χ1) is 18.8. The van der Waals surface area contributed by atoms with Gasteiger partial charge in [0.05, 0.1) is 20.6 Å². The highest BCUT2D eigenvalue weighted by Gasteiger charge is 2.28. The number of hydrogen-bond donors (Lipinski definition) is 0. The number of carbonyl (C=O) groups excluding carboxylic acids is 1. The largest absolute Gasteiger partial charge is 0.455 e. The van der Waals surface area contributed by atoms with E-state index in [0.717, 1.165) is 29.6 Å². The third kappa shape index (κ3) is 14.0. The lowest BCUT2D eigenvalue weighted by Crippen LogP contribution is -2.44. The summed E-state index contributed by atoms with van der Waals surface area (Å²) in [6.07, 6.45) is 15.3. The highest BCUT2D eigenvalue weighted by molar-refractivity contribution is 5.72. The second-order valence-electron chi connectivity index (χ2n) is 12.0. The van der Waals surface area contributed by atoms with Crippen molar-refractivity contribution in [3.05, 3.63) is 65.7 Å². The summed E-state index contributed by atoms with van der Waals surface area (Å²) in [5.41, 5.74) is 2.48. The molecule has 4 heteroatoms. The van der Waals surface area contributed by atoms with Crippen LogP contribution in [0.2, 0.25) is 0 Å². The highest BCUT2D eigenvalue weighted by atomic mass is 16.7. The molecule has 0 aliphatic heterocycles. The Balaban J connectivity index is 1.81. The average Bonchev–Trinajstić information content (AvgIpc) is 2.90. The molecule has 0 fully saturated rings. The Kier molecular flexibility index (Phi) is 15.9. The summed E-state index contributed by atoms with van der Waals surface area (Å²) in [7, 11) is 4.33. The summed E-state index contributed by atoms with van der Waals surface area (Å²) in [6, 6.07) is 18.7. The minimum absolute atomic E-state index is 0.181. The van der Waals surface area contributed by atoms with E-state index >= 15 is 0 Å². The number of benzene rings is 2. The van der Waals surface area contributed by atoms with E-state index in [1.165, 1.54) is 75.3 Å². The van der Waals surface area contributed by atoms with Crippen molar-refractivity contribution in [3.63, 3.8) is 0 Å². The van der Waals surface area contributed by atoms with E-state index in [-0.39, 0.29) is 11.9 Å². The fourth-order valence-corrected chi connectivity index (χ4v) is 5.35. The maximum absolute atomic E-state index is 13.1. The molecule has 0 aliphatic rings. The van der Waals surface area contributed by atoms with Crippen molar-refractivity contribution in [2.75, 3.05) is 20.6 Å². The molecule has 0 bridgehead atoms. The van der Waals surface area contributed by atoms with Crippen LogP contribution in [0.15, 0.2) is 54.6 Å². The Morgan fingerprint density at radius 1 is 0.769 bits per heavy atom. The lowest BCUT2D eigenvalue weighted by atomic mass is 10.0. The van der Waals surface area contributed by atoms with Gasteiger partial charge in [-0.3, -0.25) is 4.79 Å². The van der Waals surface area contributed by atoms with Gasteiger partial charge in [-0.25, -0.2) is 0 Å². The smallest absolute Gasteiger partial charge is 0.317 e. The third-order valence-electron chi connectivity index (χ3n) is 7.43. The Hall–Kier alpha value is -2.33. The molecule has 0 N–H and O–H groups in total. The van der Waals surface area contributed by atoms with E-state index in [0.29, 0.717) is 13.0 Å². The van der Waals surface area contributed by atoms with E-state index < -0.39 is 6.29 Å². The lowest BCUT2D eigenvalue weighted by Gasteiger charge is -2.32. The maximum atomic E-state index is 13.1. The number of nitrogens with zero attached hydrogens (tertiary/aromatic N) is 1. The fourth-order valence-electron chi connectivity index (χ4n) is 5.35. The first-order valence-corrected chi connectivity index (χ1v) is 15.7. The van der Waals surface area contributed by atoms with Gasteiger partial charge in [-0.05, 0) is 37.8 Å². The molecule has 2 unspecified atom stereocenters. The number of carbonyl (C=O) groups is 1. The van der Waals surface area contributed by atoms with Crippen LogP contribution in [0.5, 0.6) is 5.75 Å². The number of ether oxygens (including phenoxy) is 2. The van der Waals surface area contributed by atoms with Crippen LogP contribution in [-0.2, 0) is 22.5 Å². The molecule has 0 aromatic heterocycles. The minimum Gasteiger partial charge on any atom is -0.455 e. The number of aryl methyl sites for hydroxylation is 1. The van der Waals surface area contributed by atoms with Crippen LogP contribution in [0, 0.1) is 5.92 Å². The van der Waals surface area contributed by atoms with E-state index in [1.54, 1.807) is 0 Å². The SMILES string of the molecule is CCCCCCCCCCCCc1ccccc1OC(CCC)OC(=O)C(C)C[N+](C)(C)Cc1ccccc1. The summed E-state index contributed by atoms with van der Waals surface area (Å²) >= 11 is 0. The maximum Gasteiger partial charge on any atom is 0.317 e. The van der Waals surface area contributed by atoms with Crippen molar-refractivity contribution in [1.29, 1.82) is 0 Å². The zero-order valence-electron chi connectivity index (χ0n) is 25.6. The average molecular weight is 539 g/mol. The van der Waals surface area contributed by atoms with Crippen molar-refractivity contribution in [2.24, 2.45) is 5.92 Å². The van der Waals surface area contributed by atoms with Gasteiger partial charge in [0.2, 0.25) is 6.29 Å². The quantitative estimate of drug-likeness (QED) is 0.0688. The van der Waals surface area contributed by atoms with E-state index in [1.807, 2.05) is 25.1 Å². The van der Waals surface area contributed by atoms with Crippen LogP contribution in [-0.4, -0.2) is 37.4 Å². The Morgan fingerprint density at radius 2 is 1.36 bits per heavy atom. The summed E-state index contributed by atoms with van der Waals surface area (Å²) in [4.78, 5) is 13.1. The fraction of sp³-hybridized carbons (Fsp3) is 0.629. The van der Waals surface area contributed by atoms with Gasteiger partial charge in [0.15, 0.2) is 0 Å². The Bertz CT molecular complexity index is 911. The number of para-hydroxylation sites is 1. The number of esters is 1. The van der Waals surface area contributed by atoms with Crippen LogP contribution < -0.4 is 4.74 Å². The van der Waals surface area contributed by atoms with Gasteiger partial charge >= 0.3 is 5.97 Å². The molecule has 2 aromatic rings. The molecule has 0 heterocycles. The van der Waals surface area contributed by atoms with Crippen LogP contribution in [0.3, 0.4) is 0 Å². The predicted octanol–water partition coefficient (Wildman–Crippen LogP) is 9.11. The molecule has 4 nitrogen and oxygen atoms in total. The molecule has 0 saturated heterocycles. The number of rotatable bonds is 21. The van der Waals surface area contributed by atoms with Gasteiger partial charge in [0, 0.05) is 12.0 Å². The molecular formula is C35H56NO3+. The summed E-state index contributed by atoms with van der Waals surface area (Å²) in [5, 5.41) is 0. The highest BCUT2D eigenvalue weighted by Crippen LogP contribution is 2.24. The lowest BCUT2D eigenvalue weighted by molar-refractivity contribution is -0.905. The van der Waals surface area contributed by atoms with Gasteiger partial charge in [0.25, 0.3) is 0 Å². The predicted molar refractivity (Wildman–Crippen MR) is 164 cm³/mol. The molecule has 2 rings (SSSR count). The van der Waals surface area contributed by atoms with Crippen molar-refractivity contribution < 1.29 is 18.8 Å². The number of quaternary nitrogens is 1. The molecule has 0 aliphatic carbocycles. The van der Waals surface area contributed by atoms with Gasteiger partial charge in [0.1, 0.15) is 18.2 Å². The first kappa shape index (κ1) is 32.9. The van der Waals surface area contributed by atoms with E-state index in [9.17, 15) is 4.79 Å². The first-order valence-electron chi connectivity index (χ1n) is 15.7.